The Morgan fingerprint density at radius 2 is 2.04 bits per heavy atom. The molecule has 0 spiro atoms. The number of nitrogens with zero attached hydrogens (tertiary/aromatic N) is 3. The summed E-state index contributed by atoms with van der Waals surface area (Å²) in [6, 6.07) is 13.7. The van der Waals surface area contributed by atoms with Crippen molar-refractivity contribution in [2.45, 2.75) is 17.0 Å². The number of aromatic nitrogens is 2. The van der Waals surface area contributed by atoms with Crippen LogP contribution in [0.3, 0.4) is 0 Å². The van der Waals surface area contributed by atoms with Crippen molar-refractivity contribution in [2.75, 3.05) is 11.9 Å². The molecular formula is C18H16N4O4S2. The van der Waals surface area contributed by atoms with Crippen molar-refractivity contribution in [3.63, 3.8) is 0 Å². The zero-order valence-electron chi connectivity index (χ0n) is 14.8. The number of rotatable bonds is 8. The van der Waals surface area contributed by atoms with Crippen LogP contribution in [0.15, 0.2) is 52.9 Å². The van der Waals surface area contributed by atoms with Crippen molar-refractivity contribution in [1.82, 2.24) is 10.2 Å². The third-order valence-corrected chi connectivity index (χ3v) is 5.56. The van der Waals surface area contributed by atoms with Crippen molar-refractivity contribution >= 4 is 39.8 Å². The molecule has 28 heavy (non-hydrogen) atoms. The van der Waals surface area contributed by atoms with Crippen LogP contribution >= 0.6 is 23.1 Å². The summed E-state index contributed by atoms with van der Waals surface area (Å²) in [7, 11) is 0. The highest BCUT2D eigenvalue weighted by atomic mass is 32.2. The second-order valence-corrected chi connectivity index (χ2v) is 7.94. The molecule has 0 unspecified atom stereocenters. The maximum absolute atomic E-state index is 12.0. The number of anilines is 1. The Balaban J connectivity index is 1.46. The normalized spacial score (nSPS) is 10.5. The molecule has 144 valence electrons. The number of nitro groups is 1. The van der Waals surface area contributed by atoms with E-state index in [-0.39, 0.29) is 18.2 Å². The zero-order valence-corrected chi connectivity index (χ0v) is 16.5. The second kappa shape index (κ2) is 9.29. The Morgan fingerprint density at radius 1 is 1.25 bits per heavy atom. The van der Waals surface area contributed by atoms with E-state index in [1.807, 2.05) is 19.1 Å². The number of nitrogens with one attached hydrogen (secondary N) is 1. The van der Waals surface area contributed by atoms with Crippen LogP contribution in [0.25, 0.3) is 0 Å². The van der Waals surface area contributed by atoms with Gasteiger partial charge in [-0.15, -0.1) is 10.2 Å². The van der Waals surface area contributed by atoms with Gasteiger partial charge in [0.1, 0.15) is 5.75 Å². The van der Waals surface area contributed by atoms with Gasteiger partial charge < -0.3 is 4.74 Å². The van der Waals surface area contributed by atoms with Crippen LogP contribution in [0.2, 0.25) is 0 Å². The first-order valence-electron chi connectivity index (χ1n) is 8.18. The lowest BCUT2D eigenvalue weighted by Gasteiger charge is -2.05. The van der Waals surface area contributed by atoms with Crippen LogP contribution in [-0.2, 0) is 10.5 Å². The third kappa shape index (κ3) is 5.76. The molecule has 0 saturated carbocycles. The summed E-state index contributed by atoms with van der Waals surface area (Å²) in [5.41, 5.74) is 2.36. The standard InChI is InChI=1S/C18H16N4O4S2/c1-12-3-2-4-13(9-12)11-27-18-21-20-17(28-18)19-16(23)10-26-15-7-5-14(6-8-15)22(24)25/h2-9H,10-11H2,1H3,(H,19,20,23). The predicted molar refractivity (Wildman–Crippen MR) is 108 cm³/mol. The fourth-order valence-corrected chi connectivity index (χ4v) is 3.95. The molecule has 1 aromatic heterocycles. The van der Waals surface area contributed by atoms with Gasteiger partial charge in [-0.1, -0.05) is 52.9 Å². The minimum Gasteiger partial charge on any atom is -0.484 e. The third-order valence-electron chi connectivity index (χ3n) is 3.52. The summed E-state index contributed by atoms with van der Waals surface area (Å²) in [5.74, 6) is 0.755. The van der Waals surface area contributed by atoms with Gasteiger partial charge in [0, 0.05) is 17.9 Å². The van der Waals surface area contributed by atoms with Crippen LogP contribution in [0.5, 0.6) is 5.75 Å². The molecule has 0 fully saturated rings. The van der Waals surface area contributed by atoms with Gasteiger partial charge in [-0.25, -0.2) is 0 Å². The van der Waals surface area contributed by atoms with E-state index in [2.05, 4.69) is 27.6 Å². The Kier molecular flexibility index (Phi) is 6.56. The van der Waals surface area contributed by atoms with E-state index in [9.17, 15) is 14.9 Å². The van der Waals surface area contributed by atoms with Gasteiger partial charge in [0.2, 0.25) is 5.13 Å². The molecule has 10 heteroatoms. The lowest BCUT2D eigenvalue weighted by Crippen LogP contribution is -2.20. The predicted octanol–water partition coefficient (Wildman–Crippen LogP) is 4.06. The smallest absolute Gasteiger partial charge is 0.269 e. The minimum atomic E-state index is -0.500. The molecule has 1 amide bonds. The molecule has 0 aliphatic carbocycles. The van der Waals surface area contributed by atoms with Gasteiger partial charge in [-0.2, -0.15) is 0 Å². The van der Waals surface area contributed by atoms with Crippen molar-refractivity contribution < 1.29 is 14.5 Å². The van der Waals surface area contributed by atoms with Crippen LogP contribution < -0.4 is 10.1 Å². The average molecular weight is 416 g/mol. The quantitative estimate of drug-likeness (QED) is 0.255. The van der Waals surface area contributed by atoms with Crippen molar-refractivity contribution in [3.8, 4) is 5.75 Å². The average Bonchev–Trinajstić information content (AvgIpc) is 3.12. The van der Waals surface area contributed by atoms with Crippen molar-refractivity contribution in [1.29, 1.82) is 0 Å². The minimum absolute atomic E-state index is 0.0404. The van der Waals surface area contributed by atoms with Gasteiger partial charge in [-0.3, -0.25) is 20.2 Å². The van der Waals surface area contributed by atoms with Crippen LogP contribution in [0.4, 0.5) is 10.8 Å². The molecule has 0 atom stereocenters. The van der Waals surface area contributed by atoms with Crippen LogP contribution in [-0.4, -0.2) is 27.6 Å². The number of carbonyl (C=O) groups excluding carboxylic acids is 1. The summed E-state index contributed by atoms with van der Waals surface area (Å²) in [6.45, 7) is 1.81. The van der Waals surface area contributed by atoms with Gasteiger partial charge in [0.15, 0.2) is 10.9 Å². The Bertz CT molecular complexity index is 976. The molecular weight excluding hydrogens is 400 g/mol. The fourth-order valence-electron chi connectivity index (χ4n) is 2.23. The largest absolute Gasteiger partial charge is 0.484 e. The Morgan fingerprint density at radius 3 is 2.75 bits per heavy atom. The molecule has 0 radical (unpaired) electrons. The molecule has 0 saturated heterocycles. The highest BCUT2D eigenvalue weighted by molar-refractivity contribution is 8.00. The number of ether oxygens (including phenoxy) is 1. The van der Waals surface area contributed by atoms with Gasteiger partial charge >= 0.3 is 0 Å². The first-order chi connectivity index (χ1) is 13.5. The molecule has 3 aromatic rings. The van der Waals surface area contributed by atoms with E-state index in [1.54, 1.807) is 11.8 Å². The summed E-state index contributed by atoms with van der Waals surface area (Å²) >= 11 is 2.84. The number of benzene rings is 2. The van der Waals surface area contributed by atoms with Crippen LogP contribution in [0, 0.1) is 17.0 Å². The molecule has 0 bridgehead atoms. The molecule has 2 aromatic carbocycles. The maximum Gasteiger partial charge on any atom is 0.269 e. The zero-order chi connectivity index (χ0) is 19.9. The lowest BCUT2D eigenvalue weighted by molar-refractivity contribution is -0.384. The Labute approximate surface area is 169 Å². The van der Waals surface area contributed by atoms with E-state index in [1.165, 1.54) is 46.7 Å². The van der Waals surface area contributed by atoms with E-state index in [4.69, 9.17) is 4.74 Å². The first kappa shape index (κ1) is 19.8. The topological polar surface area (TPSA) is 107 Å². The maximum atomic E-state index is 12.0. The Hall–Kier alpha value is -2.98. The van der Waals surface area contributed by atoms with Gasteiger partial charge in [0.05, 0.1) is 4.92 Å². The van der Waals surface area contributed by atoms with E-state index >= 15 is 0 Å². The lowest BCUT2D eigenvalue weighted by atomic mass is 10.2. The number of carbonyl (C=O) groups is 1. The van der Waals surface area contributed by atoms with Gasteiger partial charge in [-0.05, 0) is 24.6 Å². The SMILES string of the molecule is Cc1cccc(CSc2nnc(NC(=O)COc3ccc([N+](=O)[O-])cc3)s2)c1. The van der Waals surface area contributed by atoms with Crippen molar-refractivity contribution in [3.05, 3.63) is 69.8 Å². The number of amides is 1. The number of thioether (sulfide) groups is 1. The highest BCUT2D eigenvalue weighted by Crippen LogP contribution is 2.28. The number of nitro benzene ring substituents is 1. The molecule has 3 rings (SSSR count). The number of aryl methyl sites for hydroxylation is 1. The van der Waals surface area contributed by atoms with Crippen LogP contribution in [0.1, 0.15) is 11.1 Å². The van der Waals surface area contributed by atoms with E-state index in [0.29, 0.717) is 10.9 Å². The molecule has 0 aliphatic heterocycles. The molecule has 0 aliphatic rings. The summed E-state index contributed by atoms with van der Waals surface area (Å²) < 4.78 is 6.07. The molecule has 1 heterocycles. The first-order valence-corrected chi connectivity index (χ1v) is 9.99. The fraction of sp³-hybridized carbons (Fsp3) is 0.167. The summed E-state index contributed by atoms with van der Waals surface area (Å²) in [5, 5.41) is 21.7. The summed E-state index contributed by atoms with van der Waals surface area (Å²) in [4.78, 5) is 22.1. The van der Waals surface area contributed by atoms with Crippen molar-refractivity contribution in [2.24, 2.45) is 0 Å². The monoisotopic (exact) mass is 416 g/mol. The van der Waals surface area contributed by atoms with E-state index in [0.717, 1.165) is 10.1 Å². The molecule has 1 N–H and O–H groups in total. The second-order valence-electron chi connectivity index (χ2n) is 5.74. The number of hydrogen-bond donors (Lipinski definition) is 1. The number of hydrogen-bond acceptors (Lipinski definition) is 8. The van der Waals surface area contributed by atoms with E-state index < -0.39 is 4.92 Å². The van der Waals surface area contributed by atoms with Gasteiger partial charge in [0.25, 0.3) is 11.6 Å². The summed E-state index contributed by atoms with van der Waals surface area (Å²) in [6.07, 6.45) is 0. The number of non-ortho nitro benzene ring substituents is 1. The molecule has 8 nitrogen and oxygen atoms in total. The highest BCUT2D eigenvalue weighted by Gasteiger charge is 2.10.